The molecule has 0 bridgehead atoms. The van der Waals surface area contributed by atoms with Gasteiger partial charge in [0.25, 0.3) is 0 Å². The second-order valence-electron chi connectivity index (χ2n) is 4.52. The maximum atomic E-state index is 11.8. The molecular weight excluding hydrogens is 220 g/mol. The molecule has 0 spiro atoms. The van der Waals surface area contributed by atoms with Crippen molar-refractivity contribution in [2.75, 3.05) is 13.7 Å². The molecule has 1 aliphatic rings. The first-order chi connectivity index (χ1) is 8.13. The average Bonchev–Trinajstić information content (AvgIpc) is 2.36. The Balaban J connectivity index is 2.23. The molecule has 0 aliphatic heterocycles. The SMILES string of the molecule is COC(=O)CNC(C)C(=O)NC1CCCCC1. The number of esters is 1. The van der Waals surface area contributed by atoms with Gasteiger partial charge in [-0.25, -0.2) is 0 Å². The van der Waals surface area contributed by atoms with Crippen LogP contribution in [-0.2, 0) is 14.3 Å². The Morgan fingerprint density at radius 3 is 2.53 bits per heavy atom. The van der Waals surface area contributed by atoms with Crippen LogP contribution in [0.5, 0.6) is 0 Å². The van der Waals surface area contributed by atoms with Crippen LogP contribution >= 0.6 is 0 Å². The monoisotopic (exact) mass is 242 g/mol. The van der Waals surface area contributed by atoms with Gasteiger partial charge in [0.2, 0.25) is 5.91 Å². The Bertz CT molecular complexity index is 262. The van der Waals surface area contributed by atoms with Crippen molar-refractivity contribution in [3.8, 4) is 0 Å². The Hall–Kier alpha value is -1.10. The lowest BCUT2D eigenvalue weighted by Crippen LogP contribution is -2.48. The van der Waals surface area contributed by atoms with E-state index in [1.165, 1.54) is 26.4 Å². The molecule has 5 heteroatoms. The summed E-state index contributed by atoms with van der Waals surface area (Å²) >= 11 is 0. The summed E-state index contributed by atoms with van der Waals surface area (Å²) in [6, 6.07) is -0.0605. The highest BCUT2D eigenvalue weighted by molar-refractivity contribution is 5.82. The van der Waals surface area contributed by atoms with Gasteiger partial charge in [0.05, 0.1) is 19.7 Å². The van der Waals surface area contributed by atoms with Gasteiger partial charge < -0.3 is 10.1 Å². The Kier molecular flexibility index (Phi) is 5.97. The predicted octanol–water partition coefficient (Wildman–Crippen LogP) is 0.586. The molecule has 1 saturated carbocycles. The van der Waals surface area contributed by atoms with Crippen LogP contribution in [0.4, 0.5) is 0 Å². The minimum Gasteiger partial charge on any atom is -0.468 e. The average molecular weight is 242 g/mol. The van der Waals surface area contributed by atoms with E-state index in [4.69, 9.17) is 0 Å². The maximum Gasteiger partial charge on any atom is 0.319 e. The molecule has 0 radical (unpaired) electrons. The van der Waals surface area contributed by atoms with Gasteiger partial charge in [-0.3, -0.25) is 14.9 Å². The number of nitrogens with one attached hydrogen (secondary N) is 2. The first-order valence-electron chi connectivity index (χ1n) is 6.24. The molecular formula is C12H22N2O3. The highest BCUT2D eigenvalue weighted by atomic mass is 16.5. The lowest BCUT2D eigenvalue weighted by molar-refractivity contribution is -0.139. The van der Waals surface area contributed by atoms with Crippen molar-refractivity contribution >= 4 is 11.9 Å². The molecule has 1 rings (SSSR count). The van der Waals surface area contributed by atoms with Crippen LogP contribution < -0.4 is 10.6 Å². The molecule has 1 unspecified atom stereocenters. The second-order valence-corrected chi connectivity index (χ2v) is 4.52. The Labute approximate surface area is 102 Å². The van der Waals surface area contributed by atoms with E-state index in [0.717, 1.165) is 12.8 Å². The van der Waals surface area contributed by atoms with Crippen LogP contribution in [-0.4, -0.2) is 37.6 Å². The van der Waals surface area contributed by atoms with Crippen LogP contribution in [0.1, 0.15) is 39.0 Å². The molecule has 5 nitrogen and oxygen atoms in total. The lowest BCUT2D eigenvalue weighted by atomic mass is 9.95. The van der Waals surface area contributed by atoms with E-state index in [1.807, 2.05) is 0 Å². The second kappa shape index (κ2) is 7.27. The fourth-order valence-corrected chi connectivity index (χ4v) is 1.97. The molecule has 98 valence electrons. The van der Waals surface area contributed by atoms with Crippen LogP contribution in [0.15, 0.2) is 0 Å². The molecule has 1 atom stereocenters. The smallest absolute Gasteiger partial charge is 0.319 e. The first kappa shape index (κ1) is 14.0. The van der Waals surface area contributed by atoms with Gasteiger partial charge in [0.15, 0.2) is 0 Å². The van der Waals surface area contributed by atoms with Gasteiger partial charge in [-0.15, -0.1) is 0 Å². The van der Waals surface area contributed by atoms with E-state index in [-0.39, 0.29) is 24.5 Å². The van der Waals surface area contributed by atoms with Crippen molar-refractivity contribution < 1.29 is 14.3 Å². The van der Waals surface area contributed by atoms with Gasteiger partial charge in [0, 0.05) is 6.04 Å². The molecule has 1 aliphatic carbocycles. The molecule has 0 aromatic carbocycles. The third kappa shape index (κ3) is 5.17. The number of ether oxygens (including phenoxy) is 1. The number of carbonyl (C=O) groups excluding carboxylic acids is 2. The van der Waals surface area contributed by atoms with E-state index in [0.29, 0.717) is 6.04 Å². The summed E-state index contributed by atoms with van der Waals surface area (Å²) in [4.78, 5) is 22.7. The summed E-state index contributed by atoms with van der Waals surface area (Å²) in [7, 11) is 1.33. The summed E-state index contributed by atoms with van der Waals surface area (Å²) in [5.74, 6) is -0.400. The quantitative estimate of drug-likeness (QED) is 0.692. The summed E-state index contributed by atoms with van der Waals surface area (Å²) < 4.78 is 4.50. The zero-order valence-corrected chi connectivity index (χ0v) is 10.6. The number of rotatable bonds is 5. The third-order valence-electron chi connectivity index (χ3n) is 3.13. The van der Waals surface area contributed by atoms with Crippen LogP contribution in [0, 0.1) is 0 Å². The van der Waals surface area contributed by atoms with Gasteiger partial charge in [-0.2, -0.15) is 0 Å². The maximum absolute atomic E-state index is 11.8. The minimum atomic E-state index is -0.365. The Morgan fingerprint density at radius 2 is 1.94 bits per heavy atom. The zero-order chi connectivity index (χ0) is 12.7. The lowest BCUT2D eigenvalue weighted by Gasteiger charge is -2.24. The fraction of sp³-hybridized carbons (Fsp3) is 0.833. The van der Waals surface area contributed by atoms with E-state index >= 15 is 0 Å². The van der Waals surface area contributed by atoms with Crippen LogP contribution in [0.2, 0.25) is 0 Å². The van der Waals surface area contributed by atoms with Gasteiger partial charge in [-0.1, -0.05) is 19.3 Å². The number of hydrogen-bond donors (Lipinski definition) is 2. The first-order valence-corrected chi connectivity index (χ1v) is 6.24. The predicted molar refractivity (Wildman–Crippen MR) is 64.5 cm³/mol. The molecule has 0 saturated heterocycles. The highest BCUT2D eigenvalue weighted by Gasteiger charge is 2.19. The van der Waals surface area contributed by atoms with Crippen molar-refractivity contribution in [1.82, 2.24) is 10.6 Å². The molecule has 0 aromatic heterocycles. The topological polar surface area (TPSA) is 67.4 Å². The molecule has 2 N–H and O–H groups in total. The molecule has 0 heterocycles. The molecule has 17 heavy (non-hydrogen) atoms. The third-order valence-corrected chi connectivity index (χ3v) is 3.13. The summed E-state index contributed by atoms with van der Waals surface area (Å²) in [5.41, 5.74) is 0. The zero-order valence-electron chi connectivity index (χ0n) is 10.6. The van der Waals surface area contributed by atoms with E-state index in [2.05, 4.69) is 15.4 Å². The van der Waals surface area contributed by atoms with E-state index in [9.17, 15) is 9.59 Å². The van der Waals surface area contributed by atoms with Crippen molar-refractivity contribution in [3.05, 3.63) is 0 Å². The van der Waals surface area contributed by atoms with Crippen LogP contribution in [0.3, 0.4) is 0 Å². The van der Waals surface area contributed by atoms with Crippen molar-refractivity contribution in [3.63, 3.8) is 0 Å². The summed E-state index contributed by atoms with van der Waals surface area (Å²) in [6.45, 7) is 1.82. The van der Waals surface area contributed by atoms with Gasteiger partial charge in [0.1, 0.15) is 0 Å². The fourth-order valence-electron chi connectivity index (χ4n) is 1.97. The molecule has 0 aromatic rings. The summed E-state index contributed by atoms with van der Waals surface area (Å²) in [5, 5.41) is 5.84. The van der Waals surface area contributed by atoms with E-state index < -0.39 is 0 Å². The summed E-state index contributed by atoms with van der Waals surface area (Å²) in [6.07, 6.45) is 5.78. The van der Waals surface area contributed by atoms with E-state index in [1.54, 1.807) is 6.92 Å². The van der Waals surface area contributed by atoms with Crippen molar-refractivity contribution in [2.24, 2.45) is 0 Å². The largest absolute Gasteiger partial charge is 0.468 e. The number of hydrogen-bond acceptors (Lipinski definition) is 4. The highest BCUT2D eigenvalue weighted by Crippen LogP contribution is 2.17. The standard InChI is InChI=1S/C12H22N2O3/c1-9(13-8-11(15)17-2)12(16)14-10-6-4-3-5-7-10/h9-10,13H,3-8H2,1-2H3,(H,14,16). The van der Waals surface area contributed by atoms with Crippen molar-refractivity contribution in [2.45, 2.75) is 51.1 Å². The number of amides is 1. The normalized spacial score (nSPS) is 18.5. The van der Waals surface area contributed by atoms with Gasteiger partial charge in [-0.05, 0) is 19.8 Å². The minimum absolute atomic E-state index is 0.0409. The molecule has 1 fully saturated rings. The Morgan fingerprint density at radius 1 is 1.29 bits per heavy atom. The molecule has 1 amide bonds. The van der Waals surface area contributed by atoms with Crippen molar-refractivity contribution in [1.29, 1.82) is 0 Å². The van der Waals surface area contributed by atoms with Gasteiger partial charge >= 0.3 is 5.97 Å². The number of methoxy groups -OCH3 is 1. The number of carbonyl (C=O) groups is 2. The van der Waals surface area contributed by atoms with Crippen LogP contribution in [0.25, 0.3) is 0 Å².